The van der Waals surface area contributed by atoms with Crippen LogP contribution in [0.1, 0.15) is 25.3 Å². The summed E-state index contributed by atoms with van der Waals surface area (Å²) in [4.78, 5) is 13.9. The fourth-order valence-corrected chi connectivity index (χ4v) is 2.69. The molecule has 104 valence electrons. The van der Waals surface area contributed by atoms with Gasteiger partial charge in [0.25, 0.3) is 0 Å². The smallest absolute Gasteiger partial charge is 0.317 e. The summed E-state index contributed by atoms with van der Waals surface area (Å²) >= 11 is 0. The van der Waals surface area contributed by atoms with E-state index in [0.717, 1.165) is 31.6 Å². The van der Waals surface area contributed by atoms with E-state index in [9.17, 15) is 4.79 Å². The molecule has 0 aliphatic carbocycles. The van der Waals surface area contributed by atoms with Crippen LogP contribution < -0.4 is 10.1 Å². The second kappa shape index (κ2) is 6.45. The molecule has 0 spiro atoms. The number of methoxy groups -OCH3 is 1. The Bertz CT molecular complexity index is 434. The van der Waals surface area contributed by atoms with E-state index in [4.69, 9.17) is 4.74 Å². The number of urea groups is 1. The van der Waals surface area contributed by atoms with Crippen LogP contribution in [0.5, 0.6) is 5.75 Å². The Kier molecular flexibility index (Phi) is 4.66. The van der Waals surface area contributed by atoms with E-state index in [0.29, 0.717) is 6.54 Å². The summed E-state index contributed by atoms with van der Waals surface area (Å²) in [6, 6.07) is 8.37. The summed E-state index contributed by atoms with van der Waals surface area (Å²) in [5.41, 5.74) is 1.17. The van der Waals surface area contributed by atoms with Gasteiger partial charge in [0.15, 0.2) is 0 Å². The van der Waals surface area contributed by atoms with Crippen molar-refractivity contribution in [1.82, 2.24) is 10.2 Å². The first-order valence-corrected chi connectivity index (χ1v) is 6.92. The van der Waals surface area contributed by atoms with Crippen molar-refractivity contribution in [2.24, 2.45) is 0 Å². The molecule has 0 radical (unpaired) electrons. The molecule has 0 aromatic heterocycles. The molecule has 1 aromatic carbocycles. The third-order valence-corrected chi connectivity index (χ3v) is 3.61. The van der Waals surface area contributed by atoms with Crippen LogP contribution in [0.2, 0.25) is 0 Å². The number of benzene rings is 1. The summed E-state index contributed by atoms with van der Waals surface area (Å²) in [7, 11) is 1.69. The predicted molar refractivity (Wildman–Crippen MR) is 75.5 cm³/mol. The Morgan fingerprint density at radius 3 is 3.00 bits per heavy atom. The highest BCUT2D eigenvalue weighted by atomic mass is 16.5. The highest BCUT2D eigenvalue weighted by Gasteiger charge is 2.28. The molecule has 1 heterocycles. The monoisotopic (exact) mass is 262 g/mol. The Morgan fingerprint density at radius 1 is 1.47 bits per heavy atom. The zero-order chi connectivity index (χ0) is 13.7. The number of hydrogen-bond acceptors (Lipinski definition) is 2. The molecule has 2 amide bonds. The van der Waals surface area contributed by atoms with Gasteiger partial charge in [0.1, 0.15) is 5.75 Å². The molecule has 4 heteroatoms. The Balaban J connectivity index is 2.07. The number of carbonyl (C=O) groups is 1. The van der Waals surface area contributed by atoms with Gasteiger partial charge in [-0.2, -0.15) is 0 Å². The molecule has 0 bridgehead atoms. The van der Waals surface area contributed by atoms with Gasteiger partial charge in [0.05, 0.1) is 7.11 Å². The minimum absolute atomic E-state index is 0.0555. The molecule has 0 unspecified atom stereocenters. The lowest BCUT2D eigenvalue weighted by Crippen LogP contribution is -2.43. The largest absolute Gasteiger partial charge is 0.496 e. The lowest BCUT2D eigenvalue weighted by atomic mass is 10.0. The van der Waals surface area contributed by atoms with E-state index in [2.05, 4.69) is 11.4 Å². The molecule has 4 nitrogen and oxygen atoms in total. The van der Waals surface area contributed by atoms with Crippen molar-refractivity contribution in [2.75, 3.05) is 20.2 Å². The standard InChI is InChI=1S/C15H22N2O2/c1-3-16-15(18)17-10-6-8-13(17)11-12-7-4-5-9-14(12)19-2/h4-5,7,9,13H,3,6,8,10-11H2,1-2H3,(H,16,18)/t13-/m1/s1. The molecule has 1 atom stereocenters. The third-order valence-electron chi connectivity index (χ3n) is 3.61. The van der Waals surface area contributed by atoms with E-state index in [1.54, 1.807) is 7.11 Å². The maximum absolute atomic E-state index is 12.0. The van der Waals surface area contributed by atoms with Gasteiger partial charge >= 0.3 is 6.03 Å². The Labute approximate surface area is 114 Å². The number of rotatable bonds is 4. The normalized spacial score (nSPS) is 18.4. The minimum atomic E-state index is 0.0555. The molecule has 1 saturated heterocycles. The van der Waals surface area contributed by atoms with Crippen LogP contribution in [0.25, 0.3) is 0 Å². The van der Waals surface area contributed by atoms with Crippen molar-refractivity contribution in [3.8, 4) is 5.75 Å². The zero-order valence-corrected chi connectivity index (χ0v) is 11.7. The van der Waals surface area contributed by atoms with Crippen LogP contribution >= 0.6 is 0 Å². The van der Waals surface area contributed by atoms with Crippen molar-refractivity contribution >= 4 is 6.03 Å². The van der Waals surface area contributed by atoms with Crippen molar-refractivity contribution in [3.05, 3.63) is 29.8 Å². The molecule has 1 aliphatic rings. The number of hydrogen-bond donors (Lipinski definition) is 1. The number of para-hydroxylation sites is 1. The van der Waals surface area contributed by atoms with Gasteiger partial charge in [-0.15, -0.1) is 0 Å². The van der Waals surface area contributed by atoms with E-state index in [1.807, 2.05) is 30.0 Å². The first kappa shape index (κ1) is 13.7. The maximum Gasteiger partial charge on any atom is 0.317 e. The predicted octanol–water partition coefficient (Wildman–Crippen LogP) is 2.43. The molecule has 1 aliphatic heterocycles. The van der Waals surface area contributed by atoms with Gasteiger partial charge in [0.2, 0.25) is 0 Å². The van der Waals surface area contributed by atoms with Crippen molar-refractivity contribution in [1.29, 1.82) is 0 Å². The molecule has 19 heavy (non-hydrogen) atoms. The van der Waals surface area contributed by atoms with Crippen LogP contribution in [0.15, 0.2) is 24.3 Å². The topological polar surface area (TPSA) is 41.6 Å². The summed E-state index contributed by atoms with van der Waals surface area (Å²) in [5, 5.41) is 2.89. The van der Waals surface area contributed by atoms with E-state index < -0.39 is 0 Å². The average molecular weight is 262 g/mol. The van der Waals surface area contributed by atoms with Crippen LogP contribution in [0.3, 0.4) is 0 Å². The third kappa shape index (κ3) is 3.19. The number of nitrogens with one attached hydrogen (secondary N) is 1. The fraction of sp³-hybridized carbons (Fsp3) is 0.533. The molecule has 1 fully saturated rings. The molecule has 1 aromatic rings. The molecule has 2 rings (SSSR count). The maximum atomic E-state index is 12.0. The van der Waals surface area contributed by atoms with Crippen LogP contribution in [-0.4, -0.2) is 37.2 Å². The number of ether oxygens (including phenoxy) is 1. The lowest BCUT2D eigenvalue weighted by Gasteiger charge is -2.25. The van der Waals surface area contributed by atoms with Gasteiger partial charge in [0, 0.05) is 19.1 Å². The van der Waals surface area contributed by atoms with Gasteiger partial charge in [-0.05, 0) is 37.8 Å². The molecule has 1 N–H and O–H groups in total. The number of carbonyl (C=O) groups excluding carboxylic acids is 1. The average Bonchev–Trinajstić information content (AvgIpc) is 2.88. The van der Waals surface area contributed by atoms with E-state index >= 15 is 0 Å². The molecular formula is C15H22N2O2. The van der Waals surface area contributed by atoms with Crippen molar-refractivity contribution in [2.45, 2.75) is 32.2 Å². The fourth-order valence-electron chi connectivity index (χ4n) is 2.69. The highest BCUT2D eigenvalue weighted by molar-refractivity contribution is 5.74. The second-order valence-corrected chi connectivity index (χ2v) is 4.84. The summed E-state index contributed by atoms with van der Waals surface area (Å²) in [6.07, 6.45) is 3.01. The second-order valence-electron chi connectivity index (χ2n) is 4.84. The first-order valence-electron chi connectivity index (χ1n) is 6.92. The number of likely N-dealkylation sites (tertiary alicyclic amines) is 1. The van der Waals surface area contributed by atoms with E-state index in [-0.39, 0.29) is 12.1 Å². The Hall–Kier alpha value is -1.71. The molecule has 0 saturated carbocycles. The van der Waals surface area contributed by atoms with Crippen molar-refractivity contribution in [3.63, 3.8) is 0 Å². The zero-order valence-electron chi connectivity index (χ0n) is 11.7. The van der Waals surface area contributed by atoms with Crippen molar-refractivity contribution < 1.29 is 9.53 Å². The number of amides is 2. The summed E-state index contributed by atoms with van der Waals surface area (Å²) in [6.45, 7) is 3.48. The molecular weight excluding hydrogens is 240 g/mol. The minimum Gasteiger partial charge on any atom is -0.496 e. The summed E-state index contributed by atoms with van der Waals surface area (Å²) < 4.78 is 5.38. The van der Waals surface area contributed by atoms with E-state index in [1.165, 1.54) is 5.56 Å². The van der Waals surface area contributed by atoms with Crippen LogP contribution in [0, 0.1) is 0 Å². The highest BCUT2D eigenvalue weighted by Crippen LogP contribution is 2.25. The van der Waals surface area contributed by atoms with Crippen LogP contribution in [0.4, 0.5) is 4.79 Å². The van der Waals surface area contributed by atoms with Crippen LogP contribution in [-0.2, 0) is 6.42 Å². The SMILES string of the molecule is CCNC(=O)N1CCC[C@@H]1Cc1ccccc1OC. The number of nitrogens with zero attached hydrogens (tertiary/aromatic N) is 1. The first-order chi connectivity index (χ1) is 9.26. The van der Waals surface area contributed by atoms with Gasteiger partial charge in [-0.3, -0.25) is 0 Å². The lowest BCUT2D eigenvalue weighted by molar-refractivity contribution is 0.192. The quantitative estimate of drug-likeness (QED) is 0.905. The van der Waals surface area contributed by atoms with Gasteiger partial charge < -0.3 is 15.0 Å². The summed E-state index contributed by atoms with van der Waals surface area (Å²) in [5.74, 6) is 0.908. The Morgan fingerprint density at radius 2 is 2.26 bits per heavy atom. The van der Waals surface area contributed by atoms with Gasteiger partial charge in [-0.1, -0.05) is 18.2 Å². The van der Waals surface area contributed by atoms with Gasteiger partial charge in [-0.25, -0.2) is 4.79 Å².